The number of esters is 1. The normalized spacial score (nSPS) is 11.4. The average molecular weight is 407 g/mol. The SMILES string of the molecule is Cc1cc(=O)[nH]c(SCC(=O)O[C@H](C)C(=O)Nc2cc(F)ccc2F)c1C#N. The largest absolute Gasteiger partial charge is 0.452 e. The molecule has 0 saturated carbocycles. The van der Waals surface area contributed by atoms with Gasteiger partial charge < -0.3 is 15.0 Å². The molecule has 0 bridgehead atoms. The highest BCUT2D eigenvalue weighted by Crippen LogP contribution is 2.21. The second-order valence-electron chi connectivity index (χ2n) is 5.67. The lowest BCUT2D eigenvalue weighted by molar-refractivity contribution is -0.150. The van der Waals surface area contributed by atoms with Crippen molar-refractivity contribution in [3.05, 3.63) is 57.4 Å². The fourth-order valence-corrected chi connectivity index (χ4v) is 3.00. The van der Waals surface area contributed by atoms with E-state index in [9.17, 15) is 23.2 Å². The summed E-state index contributed by atoms with van der Waals surface area (Å²) < 4.78 is 31.6. The quantitative estimate of drug-likeness (QED) is 0.562. The Morgan fingerprint density at radius 3 is 2.75 bits per heavy atom. The molecule has 0 unspecified atom stereocenters. The molecule has 1 atom stereocenters. The number of carbonyl (C=O) groups is 2. The van der Waals surface area contributed by atoms with Crippen molar-refractivity contribution in [2.75, 3.05) is 11.1 Å². The number of carbonyl (C=O) groups excluding carboxylic acids is 2. The Balaban J connectivity index is 1.96. The number of aromatic amines is 1. The Labute approximate surface area is 162 Å². The zero-order chi connectivity index (χ0) is 20.8. The van der Waals surface area contributed by atoms with Gasteiger partial charge in [-0.2, -0.15) is 5.26 Å². The zero-order valence-electron chi connectivity index (χ0n) is 14.8. The molecule has 0 aliphatic heterocycles. The first-order valence-corrected chi connectivity index (χ1v) is 8.92. The molecule has 0 saturated heterocycles. The molecule has 1 aromatic heterocycles. The van der Waals surface area contributed by atoms with Gasteiger partial charge in [0.15, 0.2) is 6.10 Å². The van der Waals surface area contributed by atoms with E-state index in [0.717, 1.165) is 30.0 Å². The summed E-state index contributed by atoms with van der Waals surface area (Å²) in [5, 5.41) is 11.5. The number of aromatic nitrogens is 1. The van der Waals surface area contributed by atoms with Gasteiger partial charge in [0.1, 0.15) is 17.7 Å². The Kier molecular flexibility index (Phi) is 6.89. The number of ether oxygens (including phenoxy) is 1. The second kappa shape index (κ2) is 9.14. The Bertz CT molecular complexity index is 1020. The minimum Gasteiger partial charge on any atom is -0.452 e. The number of benzene rings is 1. The minimum absolute atomic E-state index is 0.211. The van der Waals surface area contributed by atoms with E-state index in [4.69, 9.17) is 10.00 Å². The summed E-state index contributed by atoms with van der Waals surface area (Å²) in [6.45, 7) is 2.86. The van der Waals surface area contributed by atoms with E-state index < -0.39 is 35.2 Å². The molecule has 7 nitrogen and oxygen atoms in total. The number of aryl methyl sites for hydroxylation is 1. The molecule has 0 aliphatic carbocycles. The summed E-state index contributed by atoms with van der Waals surface area (Å²) in [5.74, 6) is -3.49. The highest BCUT2D eigenvalue weighted by molar-refractivity contribution is 7.99. The van der Waals surface area contributed by atoms with E-state index in [2.05, 4.69) is 10.3 Å². The number of rotatable bonds is 6. The molecule has 1 heterocycles. The number of H-pyrrole nitrogens is 1. The number of pyridine rings is 1. The molecule has 0 spiro atoms. The lowest BCUT2D eigenvalue weighted by Crippen LogP contribution is -2.31. The predicted octanol–water partition coefficient (Wildman–Crippen LogP) is 2.50. The van der Waals surface area contributed by atoms with Crippen molar-refractivity contribution in [1.82, 2.24) is 4.98 Å². The maximum Gasteiger partial charge on any atom is 0.317 e. The van der Waals surface area contributed by atoms with Gasteiger partial charge in [0, 0.05) is 12.1 Å². The van der Waals surface area contributed by atoms with E-state index in [-0.39, 0.29) is 22.0 Å². The fourth-order valence-electron chi connectivity index (χ4n) is 2.15. The van der Waals surface area contributed by atoms with E-state index in [1.807, 2.05) is 6.07 Å². The highest BCUT2D eigenvalue weighted by Gasteiger charge is 2.20. The summed E-state index contributed by atoms with van der Waals surface area (Å²) in [5.41, 5.74) is -0.104. The van der Waals surface area contributed by atoms with E-state index >= 15 is 0 Å². The number of thioether (sulfide) groups is 1. The first kappa shape index (κ1) is 21.1. The third kappa shape index (κ3) is 5.40. The van der Waals surface area contributed by atoms with E-state index in [1.54, 1.807) is 6.92 Å². The zero-order valence-corrected chi connectivity index (χ0v) is 15.7. The van der Waals surface area contributed by atoms with Gasteiger partial charge in [0.25, 0.3) is 5.91 Å². The number of nitriles is 1. The van der Waals surface area contributed by atoms with Gasteiger partial charge in [0.05, 0.1) is 22.0 Å². The highest BCUT2D eigenvalue weighted by atomic mass is 32.2. The van der Waals surface area contributed by atoms with Gasteiger partial charge in [-0.05, 0) is 31.5 Å². The lowest BCUT2D eigenvalue weighted by atomic mass is 10.2. The summed E-state index contributed by atoms with van der Waals surface area (Å²) in [6, 6.07) is 5.76. The minimum atomic E-state index is -1.28. The maximum atomic E-state index is 13.6. The van der Waals surface area contributed by atoms with Crippen LogP contribution in [0.4, 0.5) is 14.5 Å². The fraction of sp³-hybridized carbons (Fsp3) is 0.222. The van der Waals surface area contributed by atoms with Crippen molar-refractivity contribution < 1.29 is 23.1 Å². The summed E-state index contributed by atoms with van der Waals surface area (Å²) in [4.78, 5) is 37.9. The molecule has 0 aliphatic rings. The molecule has 0 radical (unpaired) electrons. The van der Waals surface area contributed by atoms with Crippen LogP contribution >= 0.6 is 11.8 Å². The molecule has 146 valence electrons. The lowest BCUT2D eigenvalue weighted by Gasteiger charge is -2.14. The smallest absolute Gasteiger partial charge is 0.317 e. The van der Waals surface area contributed by atoms with E-state index in [1.165, 1.54) is 13.0 Å². The number of amides is 1. The average Bonchev–Trinajstić information content (AvgIpc) is 2.62. The molecular weight excluding hydrogens is 392 g/mol. The first-order chi connectivity index (χ1) is 13.2. The Hall–Kier alpha value is -3.19. The predicted molar refractivity (Wildman–Crippen MR) is 97.8 cm³/mol. The van der Waals surface area contributed by atoms with Crippen molar-refractivity contribution in [2.24, 2.45) is 0 Å². The van der Waals surface area contributed by atoms with Crippen molar-refractivity contribution in [3.63, 3.8) is 0 Å². The van der Waals surface area contributed by atoms with Crippen LogP contribution in [0.1, 0.15) is 18.1 Å². The monoisotopic (exact) mass is 407 g/mol. The van der Waals surface area contributed by atoms with Crippen LogP contribution in [0.5, 0.6) is 0 Å². The molecule has 2 aromatic rings. The summed E-state index contributed by atoms with van der Waals surface area (Å²) >= 11 is 0.876. The standard InChI is InChI=1S/C18H15F2N3O4S/c1-9-5-15(24)23-18(12(9)7-21)28-8-16(25)27-10(2)17(26)22-14-6-11(19)3-4-13(14)20/h3-6,10H,8H2,1-2H3,(H,22,26)(H,23,24)/t10-/m1/s1. The third-order valence-corrected chi connectivity index (χ3v) is 4.49. The first-order valence-electron chi connectivity index (χ1n) is 7.93. The van der Waals surface area contributed by atoms with Gasteiger partial charge in [-0.1, -0.05) is 11.8 Å². The molecule has 1 aromatic carbocycles. The molecule has 1 amide bonds. The van der Waals surface area contributed by atoms with Gasteiger partial charge >= 0.3 is 5.97 Å². The van der Waals surface area contributed by atoms with Crippen LogP contribution in [0.25, 0.3) is 0 Å². The maximum absolute atomic E-state index is 13.6. The number of nitrogens with one attached hydrogen (secondary N) is 2. The van der Waals surface area contributed by atoms with Crippen LogP contribution in [0.2, 0.25) is 0 Å². The van der Waals surface area contributed by atoms with Crippen molar-refractivity contribution >= 4 is 29.3 Å². The topological polar surface area (TPSA) is 112 Å². The van der Waals surface area contributed by atoms with Gasteiger partial charge in [-0.3, -0.25) is 14.4 Å². The number of halogens is 2. The Morgan fingerprint density at radius 2 is 2.07 bits per heavy atom. The number of hydrogen-bond acceptors (Lipinski definition) is 6. The van der Waals surface area contributed by atoms with Crippen LogP contribution < -0.4 is 10.9 Å². The molecule has 2 rings (SSSR count). The molecule has 2 N–H and O–H groups in total. The van der Waals surface area contributed by atoms with Gasteiger partial charge in [-0.25, -0.2) is 8.78 Å². The van der Waals surface area contributed by atoms with Crippen LogP contribution in [0.15, 0.2) is 34.1 Å². The molecule has 28 heavy (non-hydrogen) atoms. The van der Waals surface area contributed by atoms with Crippen LogP contribution in [0.3, 0.4) is 0 Å². The van der Waals surface area contributed by atoms with Crippen molar-refractivity contribution in [1.29, 1.82) is 5.26 Å². The second-order valence-corrected chi connectivity index (χ2v) is 6.65. The summed E-state index contributed by atoms with van der Waals surface area (Å²) in [7, 11) is 0. The number of anilines is 1. The summed E-state index contributed by atoms with van der Waals surface area (Å²) in [6.07, 6.45) is -1.28. The van der Waals surface area contributed by atoms with Gasteiger partial charge in [0.2, 0.25) is 5.56 Å². The number of hydrogen-bond donors (Lipinski definition) is 2. The van der Waals surface area contributed by atoms with Crippen molar-refractivity contribution in [2.45, 2.75) is 25.0 Å². The molecular formula is C18H15F2N3O4S. The van der Waals surface area contributed by atoms with Crippen LogP contribution in [-0.4, -0.2) is 28.7 Å². The van der Waals surface area contributed by atoms with Crippen LogP contribution in [0, 0.1) is 29.9 Å². The van der Waals surface area contributed by atoms with E-state index in [0.29, 0.717) is 5.56 Å². The molecule has 10 heteroatoms. The van der Waals surface area contributed by atoms with Crippen LogP contribution in [-0.2, 0) is 14.3 Å². The Morgan fingerprint density at radius 1 is 1.36 bits per heavy atom. The third-order valence-electron chi connectivity index (χ3n) is 3.52. The number of nitrogens with zero attached hydrogens (tertiary/aromatic N) is 1. The molecule has 0 fully saturated rings. The van der Waals surface area contributed by atoms with Gasteiger partial charge in [-0.15, -0.1) is 0 Å². The van der Waals surface area contributed by atoms with Crippen molar-refractivity contribution in [3.8, 4) is 6.07 Å².